The van der Waals surface area contributed by atoms with Gasteiger partial charge in [0.05, 0.1) is 21.0 Å². The fourth-order valence-corrected chi connectivity index (χ4v) is 5.33. The molecular formula is C27H24ClN7OS. The molecule has 3 aromatic heterocycles. The number of aromatic nitrogens is 4. The number of anilines is 3. The molecule has 0 bridgehead atoms. The molecule has 0 amide bonds. The Bertz CT molecular complexity index is 1610. The molecule has 1 aliphatic rings. The monoisotopic (exact) mass is 529 g/mol. The van der Waals surface area contributed by atoms with Crippen molar-refractivity contribution < 1.29 is 0 Å². The van der Waals surface area contributed by atoms with Crippen molar-refractivity contribution in [2.45, 2.75) is 0 Å². The van der Waals surface area contributed by atoms with Crippen LogP contribution >= 0.6 is 22.9 Å². The molecular weight excluding hydrogens is 506 g/mol. The first kappa shape index (κ1) is 23.6. The molecule has 0 radical (unpaired) electrons. The summed E-state index contributed by atoms with van der Waals surface area (Å²) < 4.78 is 1.33. The Morgan fingerprint density at radius 3 is 2.49 bits per heavy atom. The summed E-state index contributed by atoms with van der Waals surface area (Å²) in [5.41, 5.74) is 3.33. The van der Waals surface area contributed by atoms with Gasteiger partial charge in [-0.3, -0.25) is 4.79 Å². The van der Waals surface area contributed by atoms with Gasteiger partial charge in [0.2, 0.25) is 5.95 Å². The first-order chi connectivity index (χ1) is 18.1. The number of likely N-dealkylation sites (N-methyl/N-ethyl adjacent to an activating group) is 1. The van der Waals surface area contributed by atoms with Gasteiger partial charge < -0.3 is 15.1 Å². The van der Waals surface area contributed by atoms with Crippen LogP contribution in [0, 0.1) is 0 Å². The summed E-state index contributed by atoms with van der Waals surface area (Å²) >= 11 is 7.93. The number of halogens is 1. The van der Waals surface area contributed by atoms with E-state index in [9.17, 15) is 4.79 Å². The van der Waals surface area contributed by atoms with Gasteiger partial charge >= 0.3 is 0 Å². The number of thiophene rings is 1. The maximum Gasteiger partial charge on any atom is 0.282 e. The minimum absolute atomic E-state index is 0.327. The Hall–Kier alpha value is -3.79. The lowest BCUT2D eigenvalue weighted by molar-refractivity contribution is 0.313. The third-order valence-electron chi connectivity index (χ3n) is 6.46. The number of piperazine rings is 1. The van der Waals surface area contributed by atoms with Crippen molar-refractivity contribution >= 4 is 51.2 Å². The Balaban J connectivity index is 1.37. The quantitative estimate of drug-likeness (QED) is 0.341. The summed E-state index contributed by atoms with van der Waals surface area (Å²) in [7, 11) is 2.15. The highest BCUT2D eigenvalue weighted by Crippen LogP contribution is 2.30. The van der Waals surface area contributed by atoms with Crippen LogP contribution in [0.4, 0.5) is 17.3 Å². The zero-order chi connectivity index (χ0) is 25.4. The normalized spacial score (nSPS) is 14.3. The van der Waals surface area contributed by atoms with Gasteiger partial charge in [-0.1, -0.05) is 29.8 Å². The minimum Gasteiger partial charge on any atom is -0.369 e. The highest BCUT2D eigenvalue weighted by atomic mass is 35.5. The zero-order valence-electron chi connectivity index (χ0n) is 20.1. The van der Waals surface area contributed by atoms with Crippen LogP contribution in [0.3, 0.4) is 0 Å². The van der Waals surface area contributed by atoms with Crippen molar-refractivity contribution in [1.82, 2.24) is 24.6 Å². The molecule has 1 saturated heterocycles. The molecule has 4 heterocycles. The van der Waals surface area contributed by atoms with Crippen molar-refractivity contribution in [3.05, 3.63) is 87.6 Å². The number of hydrogen-bond donors (Lipinski definition) is 1. The highest BCUT2D eigenvalue weighted by molar-refractivity contribution is 7.13. The number of nitrogens with one attached hydrogen (secondary N) is 1. The Kier molecular flexibility index (Phi) is 6.33. The molecule has 0 aliphatic carbocycles. The van der Waals surface area contributed by atoms with Crippen LogP contribution in [0.1, 0.15) is 0 Å². The van der Waals surface area contributed by atoms with Gasteiger partial charge in [0.1, 0.15) is 11.2 Å². The molecule has 0 atom stereocenters. The number of fused-ring (bicyclic) bond motifs is 1. The van der Waals surface area contributed by atoms with Gasteiger partial charge in [-0.05, 0) is 54.9 Å². The van der Waals surface area contributed by atoms with Gasteiger partial charge in [-0.15, -0.1) is 11.3 Å². The summed E-state index contributed by atoms with van der Waals surface area (Å²) in [4.78, 5) is 28.2. The molecule has 1 N–H and O–H groups in total. The second-order valence-electron chi connectivity index (χ2n) is 8.91. The van der Waals surface area contributed by atoms with Gasteiger partial charge in [0.15, 0.2) is 0 Å². The fraction of sp³-hybridized carbons (Fsp3) is 0.185. The summed E-state index contributed by atoms with van der Waals surface area (Å²) in [5.74, 6) is 0.398. The summed E-state index contributed by atoms with van der Waals surface area (Å²) in [6.07, 6.45) is 1.55. The van der Waals surface area contributed by atoms with Gasteiger partial charge in [0.25, 0.3) is 5.56 Å². The Morgan fingerprint density at radius 1 is 0.973 bits per heavy atom. The van der Waals surface area contributed by atoms with Crippen molar-refractivity contribution in [2.24, 2.45) is 0 Å². The smallest absolute Gasteiger partial charge is 0.282 e. The van der Waals surface area contributed by atoms with E-state index in [0.717, 1.165) is 36.7 Å². The molecule has 5 aromatic rings. The molecule has 6 rings (SSSR count). The van der Waals surface area contributed by atoms with E-state index in [0.29, 0.717) is 33.3 Å². The maximum absolute atomic E-state index is 13.4. The Morgan fingerprint density at radius 2 is 1.76 bits per heavy atom. The molecule has 1 fully saturated rings. The van der Waals surface area contributed by atoms with E-state index in [-0.39, 0.29) is 5.56 Å². The molecule has 1 aliphatic heterocycles. The SMILES string of the molecule is CN1CCN(c2ccc(Nc3ncc4c(=O)n(-c5ccccc5Cl)nc(-c5cccs5)c4n3)cc2)CC1. The number of para-hydroxylation sites is 1. The average molecular weight is 530 g/mol. The van der Waals surface area contributed by atoms with Gasteiger partial charge in [0, 0.05) is 43.8 Å². The number of nitrogens with zero attached hydrogens (tertiary/aromatic N) is 6. The predicted octanol–water partition coefficient (Wildman–Crippen LogP) is 5.05. The minimum atomic E-state index is -0.327. The van der Waals surface area contributed by atoms with E-state index in [1.165, 1.54) is 21.7 Å². The van der Waals surface area contributed by atoms with E-state index >= 15 is 0 Å². The third-order valence-corrected chi connectivity index (χ3v) is 7.66. The standard InChI is InChI=1S/C27H24ClN7OS/c1-33-12-14-34(15-13-33)19-10-8-18(9-11-19)30-27-29-17-20-24(31-27)25(23-7-4-16-37-23)32-35(26(20)36)22-6-3-2-5-21(22)28/h2-11,16-17H,12-15H2,1H3,(H,29,30,31). The summed E-state index contributed by atoms with van der Waals surface area (Å²) in [6.45, 7) is 4.15. The van der Waals surface area contributed by atoms with Crippen LogP contribution in [0.15, 0.2) is 77.0 Å². The third kappa shape index (κ3) is 4.69. The molecule has 10 heteroatoms. The molecule has 0 unspecified atom stereocenters. The van der Waals surface area contributed by atoms with E-state index in [4.69, 9.17) is 21.7 Å². The second-order valence-corrected chi connectivity index (χ2v) is 10.3. The average Bonchev–Trinajstić information content (AvgIpc) is 3.45. The largest absolute Gasteiger partial charge is 0.369 e. The highest BCUT2D eigenvalue weighted by Gasteiger charge is 2.18. The van der Waals surface area contributed by atoms with E-state index in [1.807, 2.05) is 41.8 Å². The first-order valence-corrected chi connectivity index (χ1v) is 13.2. The molecule has 2 aromatic carbocycles. The van der Waals surface area contributed by atoms with Gasteiger partial charge in [-0.25, -0.2) is 9.97 Å². The van der Waals surface area contributed by atoms with Crippen LogP contribution in [0.2, 0.25) is 5.02 Å². The lowest BCUT2D eigenvalue weighted by Crippen LogP contribution is -2.44. The lowest BCUT2D eigenvalue weighted by Gasteiger charge is -2.34. The van der Waals surface area contributed by atoms with E-state index < -0.39 is 0 Å². The first-order valence-electron chi connectivity index (χ1n) is 12.0. The lowest BCUT2D eigenvalue weighted by atomic mass is 10.2. The van der Waals surface area contributed by atoms with Crippen LogP contribution < -0.4 is 15.8 Å². The number of hydrogen-bond acceptors (Lipinski definition) is 8. The van der Waals surface area contributed by atoms with Crippen molar-refractivity contribution in [2.75, 3.05) is 43.4 Å². The summed E-state index contributed by atoms with van der Waals surface area (Å²) in [5, 5.41) is 10.7. The predicted molar refractivity (Wildman–Crippen MR) is 151 cm³/mol. The topological polar surface area (TPSA) is 79.2 Å². The molecule has 37 heavy (non-hydrogen) atoms. The van der Waals surface area contributed by atoms with Crippen LogP contribution in [0.5, 0.6) is 0 Å². The Labute approximate surface area is 222 Å². The molecule has 8 nitrogen and oxygen atoms in total. The fourth-order valence-electron chi connectivity index (χ4n) is 4.40. The number of benzene rings is 2. The van der Waals surface area contributed by atoms with Crippen LogP contribution in [-0.2, 0) is 0 Å². The van der Waals surface area contributed by atoms with Gasteiger partial charge in [-0.2, -0.15) is 9.78 Å². The maximum atomic E-state index is 13.4. The number of rotatable bonds is 5. The van der Waals surface area contributed by atoms with E-state index in [1.54, 1.807) is 18.3 Å². The zero-order valence-corrected chi connectivity index (χ0v) is 21.7. The van der Waals surface area contributed by atoms with Crippen LogP contribution in [0.25, 0.3) is 27.2 Å². The van der Waals surface area contributed by atoms with E-state index in [2.05, 4.69) is 39.3 Å². The van der Waals surface area contributed by atoms with Crippen molar-refractivity contribution in [3.8, 4) is 16.3 Å². The summed E-state index contributed by atoms with van der Waals surface area (Å²) in [6, 6.07) is 19.3. The van der Waals surface area contributed by atoms with Crippen molar-refractivity contribution in [1.29, 1.82) is 0 Å². The molecule has 0 spiro atoms. The van der Waals surface area contributed by atoms with Crippen molar-refractivity contribution in [3.63, 3.8) is 0 Å². The molecule has 186 valence electrons. The second kappa shape index (κ2) is 9.93. The molecule has 0 saturated carbocycles. The van der Waals surface area contributed by atoms with Crippen LogP contribution in [-0.4, -0.2) is 57.9 Å².